The van der Waals surface area contributed by atoms with Gasteiger partial charge in [-0.3, -0.25) is 24.1 Å². The lowest BCUT2D eigenvalue weighted by Crippen LogP contribution is -2.33. The lowest BCUT2D eigenvalue weighted by Gasteiger charge is -2.15. The van der Waals surface area contributed by atoms with Crippen molar-refractivity contribution in [3.63, 3.8) is 0 Å². The molecular weight excluding hydrogens is 396 g/mol. The normalized spacial score (nSPS) is 12.5. The second-order valence-corrected chi connectivity index (χ2v) is 7.64. The monoisotopic (exact) mass is 418 g/mol. The molecule has 4 amide bonds. The van der Waals surface area contributed by atoms with Gasteiger partial charge >= 0.3 is 0 Å². The summed E-state index contributed by atoms with van der Waals surface area (Å²) < 4.78 is 0. The first-order valence-corrected chi connectivity index (χ1v) is 9.84. The fourth-order valence-corrected chi connectivity index (χ4v) is 3.28. The molecule has 2 aromatic carbocycles. The highest BCUT2D eigenvalue weighted by Crippen LogP contribution is 2.25. The number of hydrogen-bond acceptors (Lipinski definition) is 5. The molecule has 0 aliphatic carbocycles. The minimum atomic E-state index is -0.410. The summed E-state index contributed by atoms with van der Waals surface area (Å²) in [6, 6.07) is 13.2. The van der Waals surface area contributed by atoms with Crippen molar-refractivity contribution in [3.05, 3.63) is 64.7 Å². The largest absolute Gasteiger partial charge is 0.348 e. The van der Waals surface area contributed by atoms with Crippen LogP contribution < -0.4 is 10.6 Å². The molecule has 3 rings (SSSR count). The zero-order valence-corrected chi connectivity index (χ0v) is 17.3. The summed E-state index contributed by atoms with van der Waals surface area (Å²) in [6.45, 7) is 4.37. The van der Waals surface area contributed by atoms with E-state index in [2.05, 4.69) is 10.6 Å². The van der Waals surface area contributed by atoms with Gasteiger partial charge in [-0.1, -0.05) is 26.0 Å². The fourth-order valence-electron chi connectivity index (χ4n) is 3.28. The second-order valence-electron chi connectivity index (χ2n) is 7.64. The molecule has 1 heterocycles. The third-order valence-electron chi connectivity index (χ3n) is 4.68. The topological polar surface area (TPSA) is 119 Å². The van der Waals surface area contributed by atoms with Crippen LogP contribution in [-0.2, 0) is 11.3 Å². The van der Waals surface area contributed by atoms with Crippen molar-refractivity contribution >= 4 is 29.3 Å². The van der Waals surface area contributed by atoms with Gasteiger partial charge in [-0.15, -0.1) is 0 Å². The first-order valence-electron chi connectivity index (χ1n) is 9.84. The molecule has 0 spiro atoms. The van der Waals surface area contributed by atoms with Gasteiger partial charge in [0.2, 0.25) is 5.91 Å². The second kappa shape index (κ2) is 9.22. The Balaban J connectivity index is 1.67. The van der Waals surface area contributed by atoms with E-state index in [9.17, 15) is 19.2 Å². The molecule has 1 aliphatic rings. The number of benzene rings is 2. The highest BCUT2D eigenvalue weighted by molar-refractivity contribution is 6.22. The van der Waals surface area contributed by atoms with Gasteiger partial charge in [-0.2, -0.15) is 5.26 Å². The number of carbonyl (C=O) groups is 4. The third kappa shape index (κ3) is 4.95. The van der Waals surface area contributed by atoms with E-state index in [1.165, 1.54) is 23.1 Å². The quantitative estimate of drug-likeness (QED) is 0.670. The molecule has 31 heavy (non-hydrogen) atoms. The minimum absolute atomic E-state index is 0.144. The number of fused-ring (bicyclic) bond motifs is 1. The van der Waals surface area contributed by atoms with E-state index in [-0.39, 0.29) is 47.7 Å². The van der Waals surface area contributed by atoms with Gasteiger partial charge < -0.3 is 10.6 Å². The van der Waals surface area contributed by atoms with Crippen molar-refractivity contribution < 1.29 is 19.2 Å². The predicted octanol–water partition coefficient (Wildman–Crippen LogP) is 2.72. The standard InChI is InChI=1S/C23H22N4O4/c1-14(2)13-27-22(30)18-7-6-16(11-19(18)23(27)31)21(29)25-12-15-4-3-5-17(10-15)26-20(28)8-9-24/h3-7,10-11,14H,8,12-13H2,1-2H3,(H,25,29)(H,26,28). The molecule has 0 bridgehead atoms. The average Bonchev–Trinajstić information content (AvgIpc) is 2.96. The Morgan fingerprint density at radius 1 is 1.06 bits per heavy atom. The number of rotatable bonds is 7. The van der Waals surface area contributed by atoms with Crippen molar-refractivity contribution in [2.45, 2.75) is 26.8 Å². The predicted molar refractivity (Wildman–Crippen MR) is 113 cm³/mol. The van der Waals surface area contributed by atoms with Gasteiger partial charge in [-0.25, -0.2) is 0 Å². The molecule has 0 saturated heterocycles. The molecule has 0 saturated carbocycles. The fraction of sp³-hybridized carbons (Fsp3) is 0.261. The number of carbonyl (C=O) groups excluding carboxylic acids is 4. The van der Waals surface area contributed by atoms with Crippen LogP contribution in [0.2, 0.25) is 0 Å². The summed E-state index contributed by atoms with van der Waals surface area (Å²) in [5.74, 6) is -1.37. The first-order chi connectivity index (χ1) is 14.8. The summed E-state index contributed by atoms with van der Waals surface area (Å²) >= 11 is 0. The highest BCUT2D eigenvalue weighted by atomic mass is 16.2. The van der Waals surface area contributed by atoms with Crippen LogP contribution in [0.4, 0.5) is 5.69 Å². The molecule has 8 nitrogen and oxygen atoms in total. The zero-order valence-electron chi connectivity index (χ0n) is 17.3. The number of nitrogens with zero attached hydrogens (tertiary/aromatic N) is 2. The SMILES string of the molecule is CC(C)CN1C(=O)c2ccc(C(=O)NCc3cccc(NC(=O)CC#N)c3)cc2C1=O. The van der Waals surface area contributed by atoms with Crippen molar-refractivity contribution in [3.8, 4) is 6.07 Å². The van der Waals surface area contributed by atoms with Crippen LogP contribution in [0.3, 0.4) is 0 Å². The van der Waals surface area contributed by atoms with E-state index in [1.54, 1.807) is 30.3 Å². The Hall–Kier alpha value is -3.99. The van der Waals surface area contributed by atoms with Gasteiger partial charge in [0.15, 0.2) is 0 Å². The summed E-state index contributed by atoms with van der Waals surface area (Å²) in [4.78, 5) is 50.4. The number of anilines is 1. The molecule has 8 heteroatoms. The van der Waals surface area contributed by atoms with Crippen LogP contribution in [0.15, 0.2) is 42.5 Å². The molecule has 0 aromatic heterocycles. The van der Waals surface area contributed by atoms with Crippen molar-refractivity contribution in [1.29, 1.82) is 5.26 Å². The van der Waals surface area contributed by atoms with Crippen LogP contribution in [0.25, 0.3) is 0 Å². The molecule has 1 aliphatic heterocycles. The van der Waals surface area contributed by atoms with E-state index < -0.39 is 5.91 Å². The molecule has 158 valence electrons. The van der Waals surface area contributed by atoms with Crippen LogP contribution >= 0.6 is 0 Å². The van der Waals surface area contributed by atoms with Crippen LogP contribution in [-0.4, -0.2) is 35.1 Å². The van der Waals surface area contributed by atoms with E-state index in [4.69, 9.17) is 5.26 Å². The van der Waals surface area contributed by atoms with Crippen molar-refractivity contribution in [1.82, 2.24) is 10.2 Å². The Morgan fingerprint density at radius 3 is 2.52 bits per heavy atom. The Morgan fingerprint density at radius 2 is 1.81 bits per heavy atom. The summed E-state index contributed by atoms with van der Waals surface area (Å²) in [7, 11) is 0. The van der Waals surface area contributed by atoms with Gasteiger partial charge in [0.1, 0.15) is 6.42 Å². The Labute approximate surface area is 179 Å². The number of imide groups is 1. The lowest BCUT2D eigenvalue weighted by atomic mass is 10.1. The molecule has 2 N–H and O–H groups in total. The maximum atomic E-state index is 12.6. The Kier molecular flexibility index (Phi) is 6.46. The third-order valence-corrected chi connectivity index (χ3v) is 4.68. The average molecular weight is 418 g/mol. The highest BCUT2D eigenvalue weighted by Gasteiger charge is 2.36. The number of amides is 4. The number of hydrogen-bond donors (Lipinski definition) is 2. The van der Waals surface area contributed by atoms with Crippen molar-refractivity contribution in [2.24, 2.45) is 5.92 Å². The molecule has 0 atom stereocenters. The zero-order chi connectivity index (χ0) is 22.5. The molecular formula is C23H22N4O4. The van der Waals surface area contributed by atoms with E-state index >= 15 is 0 Å². The molecule has 2 aromatic rings. The molecule has 0 unspecified atom stereocenters. The van der Waals surface area contributed by atoms with E-state index in [0.29, 0.717) is 17.8 Å². The molecule has 0 radical (unpaired) electrons. The number of nitriles is 1. The summed E-state index contributed by atoms with van der Waals surface area (Å²) in [6.07, 6.45) is -0.241. The maximum Gasteiger partial charge on any atom is 0.261 e. The van der Waals surface area contributed by atoms with E-state index in [1.807, 2.05) is 13.8 Å². The Bertz CT molecular complexity index is 1100. The van der Waals surface area contributed by atoms with Gasteiger partial charge in [0.25, 0.3) is 17.7 Å². The first kappa shape index (κ1) is 21.7. The van der Waals surface area contributed by atoms with Gasteiger partial charge in [0, 0.05) is 24.3 Å². The van der Waals surface area contributed by atoms with Gasteiger partial charge in [-0.05, 0) is 41.8 Å². The van der Waals surface area contributed by atoms with Crippen LogP contribution in [0, 0.1) is 17.2 Å². The van der Waals surface area contributed by atoms with Crippen molar-refractivity contribution in [2.75, 3.05) is 11.9 Å². The minimum Gasteiger partial charge on any atom is -0.348 e. The smallest absolute Gasteiger partial charge is 0.261 e. The van der Waals surface area contributed by atoms with Crippen LogP contribution in [0.1, 0.15) is 56.9 Å². The maximum absolute atomic E-state index is 12.6. The summed E-state index contributed by atoms with van der Waals surface area (Å²) in [5.41, 5.74) is 2.10. The van der Waals surface area contributed by atoms with Gasteiger partial charge in [0.05, 0.1) is 17.2 Å². The van der Waals surface area contributed by atoms with E-state index in [0.717, 1.165) is 5.56 Å². The van der Waals surface area contributed by atoms with Crippen LogP contribution in [0.5, 0.6) is 0 Å². The number of nitrogens with one attached hydrogen (secondary N) is 2. The lowest BCUT2D eigenvalue weighted by molar-refractivity contribution is -0.115. The molecule has 0 fully saturated rings. The summed E-state index contributed by atoms with van der Waals surface area (Å²) in [5, 5.41) is 13.9.